The minimum Gasteiger partial charge on any atom is -0.480 e. The van der Waals surface area contributed by atoms with Crippen molar-refractivity contribution in [3.8, 4) is 0 Å². The maximum absolute atomic E-state index is 12.9. The Morgan fingerprint density at radius 2 is 1.89 bits per heavy atom. The fourth-order valence-corrected chi connectivity index (χ4v) is 1.49. The molecule has 0 bridgehead atoms. The summed E-state index contributed by atoms with van der Waals surface area (Å²) in [5.74, 6) is -3.50. The molecule has 1 atom stereocenters. The van der Waals surface area contributed by atoms with Crippen molar-refractivity contribution in [3.05, 3.63) is 35.4 Å². The summed E-state index contributed by atoms with van der Waals surface area (Å²) >= 11 is 0. The number of carboxylic acids is 1. The SMILES string of the molecule is COC[C@H](NC(=O)Cc1cc(F)cc(F)c1)C(=O)O. The topological polar surface area (TPSA) is 75.6 Å². The molecule has 0 heterocycles. The third-order valence-electron chi connectivity index (χ3n) is 2.25. The summed E-state index contributed by atoms with van der Waals surface area (Å²) in [5.41, 5.74) is 0.122. The van der Waals surface area contributed by atoms with Crippen molar-refractivity contribution in [3.63, 3.8) is 0 Å². The molecule has 1 amide bonds. The Kier molecular flexibility index (Phi) is 5.37. The molecule has 0 aromatic heterocycles. The summed E-state index contributed by atoms with van der Waals surface area (Å²) in [4.78, 5) is 22.3. The van der Waals surface area contributed by atoms with Crippen LogP contribution in [-0.4, -0.2) is 36.7 Å². The standard InChI is InChI=1S/C12H13F2NO4/c1-19-6-10(12(17)18)15-11(16)4-7-2-8(13)5-9(14)3-7/h2-3,5,10H,4,6H2,1H3,(H,15,16)(H,17,18)/t10-/m0/s1. The van der Waals surface area contributed by atoms with E-state index < -0.39 is 29.6 Å². The van der Waals surface area contributed by atoms with Gasteiger partial charge in [-0.1, -0.05) is 0 Å². The van der Waals surface area contributed by atoms with Crippen molar-refractivity contribution in [2.75, 3.05) is 13.7 Å². The highest BCUT2D eigenvalue weighted by molar-refractivity contribution is 5.84. The first-order valence-electron chi connectivity index (χ1n) is 5.38. The molecule has 104 valence electrons. The fourth-order valence-electron chi connectivity index (χ4n) is 1.49. The van der Waals surface area contributed by atoms with Crippen LogP contribution >= 0.6 is 0 Å². The number of ether oxygens (including phenoxy) is 1. The number of halogens is 2. The van der Waals surface area contributed by atoms with Crippen LogP contribution in [-0.2, 0) is 20.7 Å². The summed E-state index contributed by atoms with van der Waals surface area (Å²) in [6.07, 6.45) is -0.317. The second-order valence-electron chi connectivity index (χ2n) is 3.87. The Hall–Kier alpha value is -2.02. The van der Waals surface area contributed by atoms with Crippen LogP contribution in [0.15, 0.2) is 18.2 Å². The molecule has 0 radical (unpaired) electrons. The van der Waals surface area contributed by atoms with Gasteiger partial charge in [0.2, 0.25) is 5.91 Å². The van der Waals surface area contributed by atoms with E-state index in [1.54, 1.807) is 0 Å². The normalized spacial score (nSPS) is 11.9. The van der Waals surface area contributed by atoms with E-state index >= 15 is 0 Å². The zero-order chi connectivity index (χ0) is 14.4. The van der Waals surface area contributed by atoms with Crippen molar-refractivity contribution in [2.24, 2.45) is 0 Å². The molecular formula is C12H13F2NO4. The van der Waals surface area contributed by atoms with Gasteiger partial charge < -0.3 is 15.2 Å². The van der Waals surface area contributed by atoms with E-state index in [9.17, 15) is 18.4 Å². The number of hydrogen-bond acceptors (Lipinski definition) is 3. The lowest BCUT2D eigenvalue weighted by atomic mass is 10.1. The number of methoxy groups -OCH3 is 1. The molecule has 19 heavy (non-hydrogen) atoms. The smallest absolute Gasteiger partial charge is 0.328 e. The lowest BCUT2D eigenvalue weighted by Gasteiger charge is -2.13. The molecule has 0 aliphatic carbocycles. The summed E-state index contributed by atoms with van der Waals surface area (Å²) in [7, 11) is 1.30. The number of carbonyl (C=O) groups excluding carboxylic acids is 1. The van der Waals surface area contributed by atoms with Gasteiger partial charge in [-0.15, -0.1) is 0 Å². The molecule has 1 aromatic carbocycles. The maximum atomic E-state index is 12.9. The van der Waals surface area contributed by atoms with E-state index in [0.29, 0.717) is 6.07 Å². The zero-order valence-electron chi connectivity index (χ0n) is 10.2. The van der Waals surface area contributed by atoms with Crippen LogP contribution in [0.3, 0.4) is 0 Å². The first-order chi connectivity index (χ1) is 8.92. The van der Waals surface area contributed by atoms with E-state index in [-0.39, 0.29) is 18.6 Å². The van der Waals surface area contributed by atoms with E-state index in [2.05, 4.69) is 10.1 Å². The predicted octanol–water partition coefficient (Wildman–Crippen LogP) is 0.723. The van der Waals surface area contributed by atoms with Crippen LogP contribution in [0.2, 0.25) is 0 Å². The molecular weight excluding hydrogens is 260 g/mol. The van der Waals surface area contributed by atoms with E-state index in [4.69, 9.17) is 5.11 Å². The van der Waals surface area contributed by atoms with Gasteiger partial charge in [0.15, 0.2) is 6.04 Å². The second kappa shape index (κ2) is 6.79. The number of carboxylic acid groups (broad SMARTS) is 1. The molecule has 1 aromatic rings. The third-order valence-corrected chi connectivity index (χ3v) is 2.25. The van der Waals surface area contributed by atoms with Gasteiger partial charge in [0.05, 0.1) is 13.0 Å². The highest BCUT2D eigenvalue weighted by Gasteiger charge is 2.19. The third kappa shape index (κ3) is 5.01. The van der Waals surface area contributed by atoms with Crippen LogP contribution in [0.25, 0.3) is 0 Å². The van der Waals surface area contributed by atoms with Gasteiger partial charge in [-0.2, -0.15) is 0 Å². The molecule has 2 N–H and O–H groups in total. The van der Waals surface area contributed by atoms with Crippen LogP contribution in [0.1, 0.15) is 5.56 Å². The van der Waals surface area contributed by atoms with Crippen molar-refractivity contribution in [2.45, 2.75) is 12.5 Å². The van der Waals surface area contributed by atoms with Gasteiger partial charge in [-0.25, -0.2) is 13.6 Å². The fraction of sp³-hybridized carbons (Fsp3) is 0.333. The number of aliphatic carboxylic acids is 1. The van der Waals surface area contributed by atoms with Gasteiger partial charge in [-0.05, 0) is 17.7 Å². The molecule has 0 aliphatic heterocycles. The number of benzene rings is 1. The number of amides is 1. The average molecular weight is 273 g/mol. The van der Waals surface area contributed by atoms with Crippen molar-refractivity contribution in [1.82, 2.24) is 5.32 Å². The Labute approximate surface area is 108 Å². The summed E-state index contributed by atoms with van der Waals surface area (Å²) in [5, 5.41) is 11.0. The largest absolute Gasteiger partial charge is 0.480 e. The highest BCUT2D eigenvalue weighted by atomic mass is 19.1. The minimum atomic E-state index is -1.25. The Morgan fingerprint density at radius 1 is 1.32 bits per heavy atom. The summed E-state index contributed by atoms with van der Waals surface area (Å²) < 4.78 is 30.4. The summed E-state index contributed by atoms with van der Waals surface area (Å²) in [6.45, 7) is -0.196. The van der Waals surface area contributed by atoms with Crippen LogP contribution in [0.4, 0.5) is 8.78 Å². The van der Waals surface area contributed by atoms with Crippen molar-refractivity contribution in [1.29, 1.82) is 0 Å². The number of hydrogen-bond donors (Lipinski definition) is 2. The molecule has 0 saturated carbocycles. The molecule has 0 aliphatic rings. The van der Waals surface area contributed by atoms with E-state index in [0.717, 1.165) is 12.1 Å². The predicted molar refractivity (Wildman–Crippen MR) is 61.5 cm³/mol. The minimum absolute atomic E-state index is 0.122. The van der Waals surface area contributed by atoms with Gasteiger partial charge in [0, 0.05) is 13.2 Å². The van der Waals surface area contributed by atoms with Gasteiger partial charge in [0.25, 0.3) is 0 Å². The van der Waals surface area contributed by atoms with Gasteiger partial charge in [0.1, 0.15) is 11.6 Å². The molecule has 7 heteroatoms. The first kappa shape index (κ1) is 15.0. The Bertz CT molecular complexity index is 459. The highest BCUT2D eigenvalue weighted by Crippen LogP contribution is 2.08. The van der Waals surface area contributed by atoms with Crippen LogP contribution < -0.4 is 5.32 Å². The number of nitrogens with one attached hydrogen (secondary N) is 1. The molecule has 0 saturated heterocycles. The van der Waals surface area contributed by atoms with Crippen LogP contribution in [0, 0.1) is 11.6 Å². The maximum Gasteiger partial charge on any atom is 0.328 e. The lowest BCUT2D eigenvalue weighted by Crippen LogP contribution is -2.44. The second-order valence-corrected chi connectivity index (χ2v) is 3.87. The molecule has 0 fully saturated rings. The van der Waals surface area contributed by atoms with E-state index in [1.165, 1.54) is 7.11 Å². The Balaban J connectivity index is 2.66. The lowest BCUT2D eigenvalue weighted by molar-refractivity contribution is -0.143. The molecule has 0 unspecified atom stereocenters. The van der Waals surface area contributed by atoms with Crippen molar-refractivity contribution < 1.29 is 28.2 Å². The molecule has 5 nitrogen and oxygen atoms in total. The van der Waals surface area contributed by atoms with E-state index in [1.807, 2.05) is 0 Å². The number of carbonyl (C=O) groups is 2. The van der Waals surface area contributed by atoms with Gasteiger partial charge in [-0.3, -0.25) is 4.79 Å². The molecule has 1 rings (SSSR count). The Morgan fingerprint density at radius 3 is 2.37 bits per heavy atom. The quantitative estimate of drug-likeness (QED) is 0.801. The molecule has 0 spiro atoms. The monoisotopic (exact) mass is 273 g/mol. The van der Waals surface area contributed by atoms with Crippen LogP contribution in [0.5, 0.6) is 0 Å². The van der Waals surface area contributed by atoms with Crippen molar-refractivity contribution >= 4 is 11.9 Å². The average Bonchev–Trinajstić information content (AvgIpc) is 2.26. The van der Waals surface area contributed by atoms with Gasteiger partial charge >= 0.3 is 5.97 Å². The summed E-state index contributed by atoms with van der Waals surface area (Å²) in [6, 6.07) is 1.51. The number of rotatable bonds is 6. The zero-order valence-corrected chi connectivity index (χ0v) is 10.2. The first-order valence-corrected chi connectivity index (χ1v) is 5.38.